The van der Waals surface area contributed by atoms with Crippen molar-refractivity contribution in [3.63, 3.8) is 0 Å². The summed E-state index contributed by atoms with van der Waals surface area (Å²) < 4.78 is 0. The molecule has 1 aromatic carbocycles. The summed E-state index contributed by atoms with van der Waals surface area (Å²) in [6.45, 7) is 4.80. The smallest absolute Gasteiger partial charge is 0.299 e. The minimum atomic E-state index is -0.448. The van der Waals surface area contributed by atoms with Gasteiger partial charge in [0.2, 0.25) is 0 Å². The highest BCUT2D eigenvalue weighted by molar-refractivity contribution is 6.52. The first-order valence-corrected chi connectivity index (χ1v) is 6.58. The molecular weight excluding hydrogens is 250 g/mol. The number of carbonyl (C=O) groups excluding carboxylic acids is 2. The van der Waals surface area contributed by atoms with Gasteiger partial charge in [0.05, 0.1) is 11.3 Å². The largest absolute Gasteiger partial charge is 0.304 e. The van der Waals surface area contributed by atoms with Gasteiger partial charge in [0.15, 0.2) is 0 Å². The van der Waals surface area contributed by atoms with Crippen LogP contribution in [0.25, 0.3) is 0 Å². The van der Waals surface area contributed by atoms with E-state index in [-0.39, 0.29) is 0 Å². The SMILES string of the molecule is CCCC(C)CN1C(=O)C(=O)c2cc(Cl)ccc21. The summed E-state index contributed by atoms with van der Waals surface area (Å²) in [5.41, 5.74) is 1.12. The molecule has 1 atom stereocenters. The number of amides is 1. The molecule has 1 amide bonds. The number of carbonyl (C=O) groups is 2. The molecule has 0 bridgehead atoms. The monoisotopic (exact) mass is 265 g/mol. The highest BCUT2D eigenvalue weighted by Crippen LogP contribution is 2.32. The van der Waals surface area contributed by atoms with Crippen molar-refractivity contribution in [2.24, 2.45) is 5.92 Å². The number of Topliss-reactive ketones (excluding diaryl/α,β-unsaturated/α-hetero) is 1. The lowest BCUT2D eigenvalue weighted by Crippen LogP contribution is -2.33. The fraction of sp³-hybridized carbons (Fsp3) is 0.429. The van der Waals surface area contributed by atoms with Gasteiger partial charge in [-0.05, 0) is 30.5 Å². The number of nitrogens with zero attached hydrogens (tertiary/aromatic N) is 1. The first-order chi connectivity index (χ1) is 8.54. The fourth-order valence-electron chi connectivity index (χ4n) is 2.35. The maximum absolute atomic E-state index is 11.9. The topological polar surface area (TPSA) is 37.4 Å². The van der Waals surface area contributed by atoms with E-state index < -0.39 is 11.7 Å². The average molecular weight is 266 g/mol. The third-order valence-corrected chi connectivity index (χ3v) is 3.44. The molecule has 0 N–H and O–H groups in total. The lowest BCUT2D eigenvalue weighted by atomic mass is 10.1. The van der Waals surface area contributed by atoms with Crippen molar-refractivity contribution in [3.8, 4) is 0 Å². The molecule has 0 aromatic heterocycles. The van der Waals surface area contributed by atoms with Crippen molar-refractivity contribution >= 4 is 29.0 Å². The van der Waals surface area contributed by atoms with Crippen LogP contribution in [-0.2, 0) is 4.79 Å². The molecule has 0 radical (unpaired) electrons. The Balaban J connectivity index is 2.29. The summed E-state index contributed by atoms with van der Waals surface area (Å²) in [4.78, 5) is 25.4. The second kappa shape index (κ2) is 5.11. The predicted octanol–water partition coefficient (Wildman–Crippen LogP) is 3.31. The van der Waals surface area contributed by atoms with E-state index >= 15 is 0 Å². The maximum atomic E-state index is 11.9. The molecule has 1 unspecified atom stereocenters. The first-order valence-electron chi connectivity index (χ1n) is 6.20. The lowest BCUT2D eigenvalue weighted by molar-refractivity contribution is -0.114. The average Bonchev–Trinajstić information content (AvgIpc) is 2.55. The van der Waals surface area contributed by atoms with E-state index in [0.717, 1.165) is 12.8 Å². The Hall–Kier alpha value is -1.35. The van der Waals surface area contributed by atoms with Crippen LogP contribution >= 0.6 is 11.6 Å². The van der Waals surface area contributed by atoms with Crippen LogP contribution in [0.15, 0.2) is 18.2 Å². The molecule has 0 saturated carbocycles. The summed E-state index contributed by atoms with van der Waals surface area (Å²) in [6, 6.07) is 5.03. The fourth-order valence-corrected chi connectivity index (χ4v) is 2.52. The third kappa shape index (κ3) is 2.27. The number of rotatable bonds is 4. The van der Waals surface area contributed by atoms with Crippen LogP contribution in [0.2, 0.25) is 5.02 Å². The van der Waals surface area contributed by atoms with Gasteiger partial charge < -0.3 is 4.90 Å². The first kappa shape index (κ1) is 13.1. The van der Waals surface area contributed by atoms with Gasteiger partial charge in [-0.25, -0.2) is 0 Å². The third-order valence-electron chi connectivity index (χ3n) is 3.21. The summed E-state index contributed by atoms with van der Waals surface area (Å²) in [5.74, 6) is -0.500. The molecule has 2 rings (SSSR count). The van der Waals surface area contributed by atoms with Crippen LogP contribution in [0.4, 0.5) is 5.69 Å². The van der Waals surface area contributed by atoms with Crippen LogP contribution in [0.3, 0.4) is 0 Å². The van der Waals surface area contributed by atoms with E-state index in [1.165, 1.54) is 0 Å². The molecule has 1 aliphatic rings. The van der Waals surface area contributed by atoms with Crippen molar-refractivity contribution in [3.05, 3.63) is 28.8 Å². The summed E-state index contributed by atoms with van der Waals surface area (Å²) in [6.07, 6.45) is 2.12. The van der Waals surface area contributed by atoms with E-state index in [2.05, 4.69) is 13.8 Å². The Morgan fingerprint density at radius 1 is 1.33 bits per heavy atom. The number of hydrogen-bond donors (Lipinski definition) is 0. The second-order valence-electron chi connectivity index (χ2n) is 4.80. The van der Waals surface area contributed by atoms with Crippen LogP contribution in [0.5, 0.6) is 0 Å². The number of fused-ring (bicyclic) bond motifs is 1. The number of halogens is 1. The van der Waals surface area contributed by atoms with Crippen molar-refractivity contribution < 1.29 is 9.59 Å². The van der Waals surface area contributed by atoms with Crippen molar-refractivity contribution in [2.45, 2.75) is 26.7 Å². The summed E-state index contributed by atoms with van der Waals surface area (Å²) in [7, 11) is 0. The van der Waals surface area contributed by atoms with Gasteiger partial charge in [-0.3, -0.25) is 9.59 Å². The number of benzene rings is 1. The molecule has 4 heteroatoms. The molecule has 0 fully saturated rings. The van der Waals surface area contributed by atoms with Crippen LogP contribution in [0, 0.1) is 5.92 Å². The zero-order chi connectivity index (χ0) is 13.3. The van der Waals surface area contributed by atoms with Gasteiger partial charge in [-0.1, -0.05) is 31.9 Å². The Morgan fingerprint density at radius 3 is 2.72 bits per heavy atom. The quantitative estimate of drug-likeness (QED) is 0.784. The van der Waals surface area contributed by atoms with E-state index in [4.69, 9.17) is 11.6 Å². The molecule has 1 heterocycles. The van der Waals surface area contributed by atoms with Gasteiger partial charge in [-0.15, -0.1) is 0 Å². The standard InChI is InChI=1S/C14H16ClNO2/c1-3-4-9(2)8-16-12-6-5-10(15)7-11(12)13(17)14(16)18/h5-7,9H,3-4,8H2,1-2H3. The Kier molecular flexibility index (Phi) is 3.71. The van der Waals surface area contributed by atoms with Gasteiger partial charge in [0, 0.05) is 11.6 Å². The maximum Gasteiger partial charge on any atom is 0.299 e. The minimum absolute atomic E-state index is 0.383. The minimum Gasteiger partial charge on any atom is -0.304 e. The normalized spacial score (nSPS) is 16.1. The van der Waals surface area contributed by atoms with Crippen LogP contribution in [-0.4, -0.2) is 18.2 Å². The molecule has 96 valence electrons. The zero-order valence-corrected chi connectivity index (χ0v) is 11.3. The molecule has 18 heavy (non-hydrogen) atoms. The summed E-state index contributed by atoms with van der Waals surface area (Å²) in [5, 5.41) is 0.485. The van der Waals surface area contributed by atoms with Crippen LogP contribution < -0.4 is 4.90 Å². The van der Waals surface area contributed by atoms with Crippen molar-refractivity contribution in [1.82, 2.24) is 0 Å². The van der Waals surface area contributed by atoms with E-state index in [1.54, 1.807) is 23.1 Å². The molecule has 1 aliphatic heterocycles. The molecule has 3 nitrogen and oxygen atoms in total. The Morgan fingerprint density at radius 2 is 2.06 bits per heavy atom. The number of ketones is 1. The predicted molar refractivity (Wildman–Crippen MR) is 72.2 cm³/mol. The summed E-state index contributed by atoms with van der Waals surface area (Å²) >= 11 is 5.86. The highest BCUT2D eigenvalue weighted by Gasteiger charge is 2.36. The van der Waals surface area contributed by atoms with Crippen molar-refractivity contribution in [2.75, 3.05) is 11.4 Å². The van der Waals surface area contributed by atoms with E-state index in [9.17, 15) is 9.59 Å². The van der Waals surface area contributed by atoms with Crippen LogP contribution in [0.1, 0.15) is 37.0 Å². The van der Waals surface area contributed by atoms with E-state index in [0.29, 0.717) is 28.7 Å². The molecular formula is C14H16ClNO2. The van der Waals surface area contributed by atoms with Gasteiger partial charge in [-0.2, -0.15) is 0 Å². The van der Waals surface area contributed by atoms with Gasteiger partial charge in [0.1, 0.15) is 0 Å². The lowest BCUT2D eigenvalue weighted by Gasteiger charge is -2.20. The molecule has 0 aliphatic carbocycles. The Bertz CT molecular complexity index is 499. The number of anilines is 1. The molecule has 0 spiro atoms. The zero-order valence-electron chi connectivity index (χ0n) is 10.6. The van der Waals surface area contributed by atoms with Crippen molar-refractivity contribution in [1.29, 1.82) is 0 Å². The molecule has 1 aromatic rings. The van der Waals surface area contributed by atoms with E-state index in [1.807, 2.05) is 0 Å². The highest BCUT2D eigenvalue weighted by atomic mass is 35.5. The molecule has 0 saturated heterocycles. The van der Waals surface area contributed by atoms with Gasteiger partial charge in [0.25, 0.3) is 11.7 Å². The second-order valence-corrected chi connectivity index (χ2v) is 5.24. The number of hydrogen-bond acceptors (Lipinski definition) is 2. The Labute approximate surface area is 112 Å². The van der Waals surface area contributed by atoms with Gasteiger partial charge >= 0.3 is 0 Å².